The number of benzene rings is 3. The van der Waals surface area contributed by atoms with Crippen LogP contribution in [0, 0.1) is 0 Å². The Morgan fingerprint density at radius 2 is 1.80 bits per heavy atom. The highest BCUT2D eigenvalue weighted by Gasteiger charge is 2.34. The van der Waals surface area contributed by atoms with Crippen molar-refractivity contribution in [2.24, 2.45) is 0 Å². The number of carbonyl (C=O) groups excluding carboxylic acids is 2. The van der Waals surface area contributed by atoms with Crippen molar-refractivity contribution in [3.63, 3.8) is 0 Å². The van der Waals surface area contributed by atoms with E-state index in [2.05, 4.69) is 10.6 Å². The van der Waals surface area contributed by atoms with E-state index in [-0.39, 0.29) is 18.6 Å². The molecule has 0 saturated heterocycles. The normalized spacial score (nSPS) is 16.6. The Morgan fingerprint density at radius 1 is 1.03 bits per heavy atom. The van der Waals surface area contributed by atoms with Gasteiger partial charge in [0.25, 0.3) is 5.91 Å². The average molecular weight is 401 g/mol. The molecule has 2 aliphatic rings. The minimum Gasteiger partial charge on any atom is -0.454 e. The highest BCUT2D eigenvalue weighted by Crippen LogP contribution is 2.40. The smallest absolute Gasteiger partial charge is 0.262 e. The lowest BCUT2D eigenvalue weighted by atomic mass is 10.0. The predicted octanol–water partition coefficient (Wildman–Crippen LogP) is 4.14. The lowest BCUT2D eigenvalue weighted by Crippen LogP contribution is -2.43. The molecule has 0 radical (unpaired) electrons. The van der Waals surface area contributed by atoms with Crippen molar-refractivity contribution in [2.45, 2.75) is 13.1 Å². The number of rotatable bonds is 3. The van der Waals surface area contributed by atoms with E-state index >= 15 is 0 Å². The van der Waals surface area contributed by atoms with Crippen molar-refractivity contribution in [3.8, 4) is 11.5 Å². The van der Waals surface area contributed by atoms with Crippen LogP contribution in [0.4, 0.5) is 17.1 Å². The molecule has 150 valence electrons. The van der Waals surface area contributed by atoms with Crippen LogP contribution in [-0.4, -0.2) is 18.6 Å². The molecule has 7 heteroatoms. The van der Waals surface area contributed by atoms with E-state index in [1.807, 2.05) is 48.5 Å². The van der Waals surface area contributed by atoms with Gasteiger partial charge in [0.2, 0.25) is 12.7 Å². The van der Waals surface area contributed by atoms with Crippen LogP contribution in [0.2, 0.25) is 0 Å². The molecule has 3 aromatic carbocycles. The number of ether oxygens (including phenoxy) is 2. The number of nitrogens with zero attached hydrogens (tertiary/aromatic N) is 1. The molecule has 0 unspecified atom stereocenters. The quantitative estimate of drug-likeness (QED) is 0.689. The molecule has 0 aromatic heterocycles. The van der Waals surface area contributed by atoms with Crippen LogP contribution in [0.5, 0.6) is 11.5 Å². The summed E-state index contributed by atoms with van der Waals surface area (Å²) in [6, 6.07) is 20.3. The summed E-state index contributed by atoms with van der Waals surface area (Å²) in [7, 11) is 0. The Kier molecular flexibility index (Phi) is 4.28. The summed E-state index contributed by atoms with van der Waals surface area (Å²) in [5, 5.41) is 6.21. The monoisotopic (exact) mass is 401 g/mol. The summed E-state index contributed by atoms with van der Waals surface area (Å²) in [6.45, 7) is 1.64. The van der Waals surface area contributed by atoms with Crippen LogP contribution in [0.15, 0.2) is 66.7 Å². The summed E-state index contributed by atoms with van der Waals surface area (Å²) >= 11 is 0. The van der Waals surface area contributed by atoms with Gasteiger partial charge in [-0.3, -0.25) is 14.5 Å². The number of anilines is 3. The SMILES string of the molecule is CC(=O)Nc1ccc(N2C(=O)c3ccccc3N[C@@H]2c2ccc3c(c2)OCO3)cc1. The zero-order valence-corrected chi connectivity index (χ0v) is 16.2. The average Bonchev–Trinajstić information content (AvgIpc) is 3.22. The number of fused-ring (bicyclic) bond motifs is 2. The van der Waals surface area contributed by atoms with Gasteiger partial charge in [0.05, 0.1) is 5.56 Å². The first-order valence-corrected chi connectivity index (χ1v) is 9.56. The van der Waals surface area contributed by atoms with Gasteiger partial charge >= 0.3 is 0 Å². The third-order valence-electron chi connectivity index (χ3n) is 5.10. The van der Waals surface area contributed by atoms with E-state index in [1.165, 1.54) is 6.92 Å². The molecule has 0 aliphatic carbocycles. The molecule has 0 spiro atoms. The van der Waals surface area contributed by atoms with E-state index in [1.54, 1.807) is 23.1 Å². The third-order valence-corrected chi connectivity index (χ3v) is 5.10. The maximum absolute atomic E-state index is 13.5. The number of hydrogen-bond acceptors (Lipinski definition) is 5. The fraction of sp³-hybridized carbons (Fsp3) is 0.130. The molecule has 2 aliphatic heterocycles. The van der Waals surface area contributed by atoms with Gasteiger partial charge in [0.15, 0.2) is 11.5 Å². The molecule has 1 atom stereocenters. The van der Waals surface area contributed by atoms with Gasteiger partial charge in [-0.05, 0) is 54.1 Å². The van der Waals surface area contributed by atoms with E-state index in [0.29, 0.717) is 28.4 Å². The minimum atomic E-state index is -0.437. The van der Waals surface area contributed by atoms with E-state index in [9.17, 15) is 9.59 Å². The Bertz CT molecular complexity index is 1140. The van der Waals surface area contributed by atoms with Crippen LogP contribution < -0.4 is 25.0 Å². The van der Waals surface area contributed by atoms with Crippen LogP contribution >= 0.6 is 0 Å². The fourth-order valence-corrected chi connectivity index (χ4v) is 3.74. The zero-order chi connectivity index (χ0) is 20.7. The van der Waals surface area contributed by atoms with E-state index in [0.717, 1.165) is 11.3 Å². The van der Waals surface area contributed by atoms with Gasteiger partial charge in [-0.25, -0.2) is 0 Å². The standard InChI is InChI=1S/C23H19N3O4/c1-14(27)24-16-7-9-17(10-8-16)26-22(15-6-11-20-21(12-15)30-13-29-20)25-19-5-3-2-4-18(19)23(26)28/h2-12,22,25H,13H2,1H3,(H,24,27)/t22-/m0/s1. The number of amides is 2. The van der Waals surface area contributed by atoms with Gasteiger partial charge in [0.1, 0.15) is 6.17 Å². The summed E-state index contributed by atoms with van der Waals surface area (Å²) in [5.74, 6) is 1.08. The molecule has 0 bridgehead atoms. The summed E-state index contributed by atoms with van der Waals surface area (Å²) in [6.07, 6.45) is -0.437. The summed E-state index contributed by atoms with van der Waals surface area (Å²) in [4.78, 5) is 26.5. The molecule has 5 rings (SSSR count). The topological polar surface area (TPSA) is 79.9 Å². The van der Waals surface area contributed by atoms with E-state index < -0.39 is 6.17 Å². The molecular formula is C23H19N3O4. The molecule has 0 fully saturated rings. The van der Waals surface area contributed by atoms with Crippen molar-refractivity contribution in [2.75, 3.05) is 22.3 Å². The number of carbonyl (C=O) groups is 2. The Morgan fingerprint density at radius 3 is 2.60 bits per heavy atom. The van der Waals surface area contributed by atoms with Gasteiger partial charge in [0, 0.05) is 24.0 Å². The molecule has 3 aromatic rings. The fourth-order valence-electron chi connectivity index (χ4n) is 3.74. The van der Waals surface area contributed by atoms with Crippen LogP contribution in [-0.2, 0) is 4.79 Å². The van der Waals surface area contributed by atoms with Gasteiger partial charge in [-0.1, -0.05) is 18.2 Å². The second kappa shape index (κ2) is 7.11. The maximum Gasteiger partial charge on any atom is 0.262 e. The molecule has 7 nitrogen and oxygen atoms in total. The Labute approximate surface area is 173 Å². The lowest BCUT2D eigenvalue weighted by Gasteiger charge is -2.38. The minimum absolute atomic E-state index is 0.112. The number of nitrogens with one attached hydrogen (secondary N) is 2. The van der Waals surface area contributed by atoms with Gasteiger partial charge in [-0.2, -0.15) is 0 Å². The van der Waals surface area contributed by atoms with Crippen molar-refractivity contribution in [1.29, 1.82) is 0 Å². The van der Waals surface area contributed by atoms with Crippen LogP contribution in [0.25, 0.3) is 0 Å². The van der Waals surface area contributed by atoms with Crippen molar-refractivity contribution in [1.82, 2.24) is 0 Å². The number of para-hydroxylation sites is 1. The second-order valence-electron chi connectivity index (χ2n) is 7.11. The van der Waals surface area contributed by atoms with Crippen molar-refractivity contribution < 1.29 is 19.1 Å². The van der Waals surface area contributed by atoms with E-state index in [4.69, 9.17) is 9.47 Å². The molecular weight excluding hydrogens is 382 g/mol. The second-order valence-corrected chi connectivity index (χ2v) is 7.11. The lowest BCUT2D eigenvalue weighted by molar-refractivity contribution is -0.114. The third kappa shape index (κ3) is 3.10. The molecule has 30 heavy (non-hydrogen) atoms. The first kappa shape index (κ1) is 18.1. The maximum atomic E-state index is 13.5. The molecule has 2 N–H and O–H groups in total. The molecule has 2 amide bonds. The Balaban J connectivity index is 1.58. The Hall–Kier alpha value is -4.00. The highest BCUT2D eigenvalue weighted by molar-refractivity contribution is 6.12. The zero-order valence-electron chi connectivity index (χ0n) is 16.2. The first-order valence-electron chi connectivity index (χ1n) is 9.56. The van der Waals surface area contributed by atoms with Crippen molar-refractivity contribution in [3.05, 3.63) is 77.9 Å². The highest BCUT2D eigenvalue weighted by atomic mass is 16.7. The molecule has 0 saturated carbocycles. The van der Waals surface area contributed by atoms with Gasteiger partial charge < -0.3 is 20.1 Å². The first-order chi connectivity index (χ1) is 14.6. The van der Waals surface area contributed by atoms with Crippen LogP contribution in [0.3, 0.4) is 0 Å². The van der Waals surface area contributed by atoms with Crippen LogP contribution in [0.1, 0.15) is 29.0 Å². The summed E-state index contributed by atoms with van der Waals surface area (Å²) < 4.78 is 10.9. The summed E-state index contributed by atoms with van der Waals surface area (Å²) in [5.41, 5.74) is 3.62. The largest absolute Gasteiger partial charge is 0.454 e. The number of hydrogen-bond donors (Lipinski definition) is 2. The van der Waals surface area contributed by atoms with Crippen molar-refractivity contribution >= 4 is 28.9 Å². The molecule has 2 heterocycles. The van der Waals surface area contributed by atoms with Gasteiger partial charge in [-0.15, -0.1) is 0 Å². The predicted molar refractivity (Wildman–Crippen MR) is 113 cm³/mol.